The van der Waals surface area contributed by atoms with Gasteiger partial charge >= 0.3 is 0 Å². The number of amidine groups is 1. The molecule has 3 amide bonds. The number of hydrogen-bond donors (Lipinski definition) is 5. The summed E-state index contributed by atoms with van der Waals surface area (Å²) >= 11 is 0. The first-order valence-electron chi connectivity index (χ1n) is 18.6. The molecule has 2 bridgehead atoms. The first-order valence-corrected chi connectivity index (χ1v) is 18.6. The Hall–Kier alpha value is -3.92. The number of carbonyl (C=O) groups is 3. The molecule has 1 saturated carbocycles. The van der Waals surface area contributed by atoms with Crippen molar-refractivity contribution in [3.63, 3.8) is 0 Å². The second kappa shape index (κ2) is 16.0. The van der Waals surface area contributed by atoms with Gasteiger partial charge in [-0.3, -0.25) is 24.3 Å². The highest BCUT2D eigenvalue weighted by Crippen LogP contribution is 2.56. The molecule has 10 heteroatoms. The number of fused-ring (bicyclic) bond motifs is 4. The van der Waals surface area contributed by atoms with Gasteiger partial charge in [0, 0.05) is 32.1 Å². The molecule has 0 radical (unpaired) electrons. The number of likely N-dealkylation sites (tertiary alicyclic amines) is 1. The Morgan fingerprint density at radius 2 is 1.86 bits per heavy atom. The number of aliphatic imine (C=N–C) groups is 1. The monoisotopic (exact) mass is 686 g/mol. The minimum Gasteiger partial charge on any atom is -0.508 e. The van der Waals surface area contributed by atoms with Crippen molar-refractivity contribution in [2.24, 2.45) is 28.5 Å². The van der Waals surface area contributed by atoms with E-state index in [1.54, 1.807) is 6.07 Å². The molecule has 2 fully saturated rings. The zero-order valence-electron chi connectivity index (χ0n) is 30.6. The average molecular weight is 687 g/mol. The topological polar surface area (TPSA) is 149 Å². The highest BCUT2D eigenvalue weighted by Gasteiger charge is 2.62. The van der Waals surface area contributed by atoms with Gasteiger partial charge in [-0.25, -0.2) is 0 Å². The van der Waals surface area contributed by atoms with Gasteiger partial charge in [-0.05, 0) is 97.1 Å². The quantitative estimate of drug-likeness (QED) is 0.102. The van der Waals surface area contributed by atoms with E-state index in [9.17, 15) is 19.5 Å². The van der Waals surface area contributed by atoms with Crippen LogP contribution >= 0.6 is 0 Å². The number of benzene rings is 2. The molecule has 1 heterocycles. The van der Waals surface area contributed by atoms with Crippen molar-refractivity contribution >= 4 is 23.6 Å². The number of nitrogens with one attached hydrogen (secondary N) is 3. The third kappa shape index (κ3) is 8.17. The molecule has 50 heavy (non-hydrogen) atoms. The van der Waals surface area contributed by atoms with Crippen LogP contribution in [0.5, 0.6) is 5.75 Å². The van der Waals surface area contributed by atoms with Crippen molar-refractivity contribution < 1.29 is 19.5 Å². The third-order valence-electron chi connectivity index (χ3n) is 11.7. The van der Waals surface area contributed by atoms with Gasteiger partial charge in [-0.2, -0.15) is 0 Å². The fraction of sp³-hybridized carbons (Fsp3) is 0.600. The number of amides is 3. The number of aromatic hydroxyl groups is 1. The fourth-order valence-corrected chi connectivity index (χ4v) is 8.43. The predicted octanol–water partition coefficient (Wildman–Crippen LogP) is 4.19. The Morgan fingerprint density at radius 1 is 1.10 bits per heavy atom. The van der Waals surface area contributed by atoms with Crippen LogP contribution in [0.2, 0.25) is 0 Å². The number of piperidine rings is 1. The summed E-state index contributed by atoms with van der Waals surface area (Å²) in [7, 11) is 0. The van der Waals surface area contributed by atoms with Gasteiger partial charge in [0.1, 0.15) is 11.8 Å². The Bertz CT molecular complexity index is 1550. The summed E-state index contributed by atoms with van der Waals surface area (Å²) in [4.78, 5) is 47.2. The molecule has 2 aliphatic carbocycles. The maximum absolute atomic E-state index is 14.1. The zero-order chi connectivity index (χ0) is 36.1. The molecule has 6 N–H and O–H groups in total. The predicted molar refractivity (Wildman–Crippen MR) is 198 cm³/mol. The summed E-state index contributed by atoms with van der Waals surface area (Å²) in [6, 6.07) is 15.4. The molecule has 272 valence electrons. The molecule has 0 unspecified atom stereocenters. The molecule has 1 saturated heterocycles. The lowest BCUT2D eigenvalue weighted by molar-refractivity contribution is -0.130. The van der Waals surface area contributed by atoms with Crippen molar-refractivity contribution in [1.29, 1.82) is 0 Å². The van der Waals surface area contributed by atoms with E-state index in [-0.39, 0.29) is 41.5 Å². The van der Waals surface area contributed by atoms with Crippen LogP contribution in [0.4, 0.5) is 0 Å². The van der Waals surface area contributed by atoms with Gasteiger partial charge in [-0.15, -0.1) is 0 Å². The number of phenolic OH excluding ortho intramolecular Hbond substituents is 1. The number of nitrogens with zero attached hydrogens (tertiary/aromatic N) is 2. The SMILES string of the molecule is CCC(N)=NCCCCNC(=O)[C@H](CC(C)C)NC(=O)CNC(=O)[C@]1(c2ccccc2)C[C@@H]1CN1CC[C@@]2(C)c3cc(O)ccc3C[C@@H]1[C@H]2C. The van der Waals surface area contributed by atoms with Gasteiger partial charge in [0.05, 0.1) is 17.8 Å². The van der Waals surface area contributed by atoms with Crippen LogP contribution < -0.4 is 21.7 Å². The van der Waals surface area contributed by atoms with Gasteiger partial charge in [0.2, 0.25) is 17.7 Å². The summed E-state index contributed by atoms with van der Waals surface area (Å²) < 4.78 is 0. The van der Waals surface area contributed by atoms with E-state index in [4.69, 9.17) is 5.73 Å². The number of rotatable bonds is 16. The van der Waals surface area contributed by atoms with Gasteiger partial charge < -0.3 is 26.8 Å². The maximum Gasteiger partial charge on any atom is 0.242 e. The average Bonchev–Trinajstić information content (AvgIpc) is 3.83. The van der Waals surface area contributed by atoms with E-state index >= 15 is 0 Å². The minimum absolute atomic E-state index is 0.000977. The second-order valence-corrected chi connectivity index (χ2v) is 15.5. The lowest BCUT2D eigenvalue weighted by atomic mass is 9.59. The lowest BCUT2D eigenvalue weighted by Gasteiger charge is -2.55. The maximum atomic E-state index is 14.1. The Labute approximate surface area is 298 Å². The molecular formula is C40H58N6O4. The van der Waals surface area contributed by atoms with Gasteiger partial charge in [-0.1, -0.05) is 71.0 Å². The smallest absolute Gasteiger partial charge is 0.242 e. The molecule has 0 aromatic heterocycles. The summed E-state index contributed by atoms with van der Waals surface area (Å²) in [5.74, 6) is 0.952. The normalized spacial score (nSPS) is 26.5. The molecule has 2 aromatic rings. The summed E-state index contributed by atoms with van der Waals surface area (Å²) in [5.41, 5.74) is 8.61. The number of unbranched alkanes of at least 4 members (excludes halogenated alkanes) is 1. The van der Waals surface area contributed by atoms with Crippen LogP contribution in [0.25, 0.3) is 0 Å². The van der Waals surface area contributed by atoms with Crippen LogP contribution in [0.1, 0.15) is 89.8 Å². The summed E-state index contributed by atoms with van der Waals surface area (Å²) in [5, 5.41) is 19.0. The molecule has 3 aliphatic rings. The highest BCUT2D eigenvalue weighted by molar-refractivity contribution is 5.95. The lowest BCUT2D eigenvalue weighted by Crippen LogP contribution is -2.58. The number of nitrogens with two attached hydrogens (primary N) is 1. The van der Waals surface area contributed by atoms with E-state index in [1.165, 1.54) is 11.1 Å². The molecule has 0 spiro atoms. The molecule has 10 nitrogen and oxygen atoms in total. The third-order valence-corrected chi connectivity index (χ3v) is 11.7. The number of phenols is 1. The van der Waals surface area contributed by atoms with E-state index in [1.807, 2.05) is 57.2 Å². The van der Waals surface area contributed by atoms with Crippen molar-refractivity contribution in [2.75, 3.05) is 32.7 Å². The van der Waals surface area contributed by atoms with Crippen molar-refractivity contribution in [3.8, 4) is 5.75 Å². The molecule has 5 rings (SSSR count). The summed E-state index contributed by atoms with van der Waals surface area (Å²) in [6.07, 6.45) is 5.45. The molecule has 2 aromatic carbocycles. The van der Waals surface area contributed by atoms with Crippen LogP contribution in [0, 0.1) is 17.8 Å². The van der Waals surface area contributed by atoms with Crippen LogP contribution in [-0.2, 0) is 31.6 Å². The summed E-state index contributed by atoms with van der Waals surface area (Å²) in [6.45, 7) is 13.3. The minimum atomic E-state index is -0.704. The van der Waals surface area contributed by atoms with Crippen molar-refractivity contribution in [3.05, 3.63) is 65.2 Å². The van der Waals surface area contributed by atoms with Crippen LogP contribution in [0.3, 0.4) is 0 Å². The molecular weight excluding hydrogens is 628 g/mol. The standard InChI is InChI=1S/C40H58N6O4/c1-6-35(41)42-17-10-11-18-43-37(49)33(20-26(2)3)45-36(48)24-44-38(50)40(29-12-8-7-9-13-29)23-30(40)25-46-19-16-39(5)27(4)34(46)21-28-14-15-31(47)22-32(28)39/h7-9,12-15,22,26-27,30,33-34,47H,6,10-11,16-21,23-25H2,1-5H3,(H2,41,42)(H,43,49)(H,44,50)(H,45,48)/t27-,30-,33+,34-,39-,40+/m1/s1. The Morgan fingerprint density at radius 3 is 2.58 bits per heavy atom. The number of hydrogen-bond acceptors (Lipinski definition) is 6. The van der Waals surface area contributed by atoms with Gasteiger partial charge in [0.15, 0.2) is 0 Å². The first-order chi connectivity index (χ1) is 23.9. The van der Waals surface area contributed by atoms with E-state index in [0.717, 1.165) is 57.2 Å². The van der Waals surface area contributed by atoms with E-state index in [2.05, 4.69) is 45.8 Å². The largest absolute Gasteiger partial charge is 0.508 e. The van der Waals surface area contributed by atoms with Crippen molar-refractivity contribution in [2.45, 2.75) is 102 Å². The Balaban J connectivity index is 1.19. The zero-order valence-corrected chi connectivity index (χ0v) is 30.6. The Kier molecular flexibility index (Phi) is 11.9. The van der Waals surface area contributed by atoms with Crippen LogP contribution in [-0.4, -0.2) is 78.4 Å². The van der Waals surface area contributed by atoms with E-state index < -0.39 is 11.5 Å². The molecule has 1 aliphatic heterocycles. The fourth-order valence-electron chi connectivity index (χ4n) is 8.43. The van der Waals surface area contributed by atoms with Crippen LogP contribution in [0.15, 0.2) is 53.5 Å². The number of carbonyl (C=O) groups excluding carboxylic acids is 3. The molecule has 6 atom stereocenters. The van der Waals surface area contributed by atoms with Crippen molar-refractivity contribution in [1.82, 2.24) is 20.9 Å². The van der Waals surface area contributed by atoms with E-state index in [0.29, 0.717) is 43.1 Å². The highest BCUT2D eigenvalue weighted by atomic mass is 16.3. The first kappa shape index (κ1) is 37.3. The van der Waals surface area contributed by atoms with Gasteiger partial charge in [0.25, 0.3) is 0 Å². The second-order valence-electron chi connectivity index (χ2n) is 15.5.